The van der Waals surface area contributed by atoms with Crippen molar-refractivity contribution in [1.29, 1.82) is 0 Å². The zero-order valence-corrected chi connectivity index (χ0v) is 18.7. The van der Waals surface area contributed by atoms with Crippen LogP contribution in [-0.2, 0) is 9.59 Å². The molecule has 1 saturated heterocycles. The van der Waals surface area contributed by atoms with Crippen LogP contribution in [0.5, 0.6) is 5.75 Å². The Morgan fingerprint density at radius 1 is 1.00 bits per heavy atom. The van der Waals surface area contributed by atoms with E-state index in [2.05, 4.69) is 12.2 Å². The maximum absolute atomic E-state index is 13.7. The molecule has 0 aromatic heterocycles. The van der Waals surface area contributed by atoms with Crippen LogP contribution in [0, 0.1) is 42.4 Å². The lowest BCUT2D eigenvalue weighted by molar-refractivity contribution is -0.140. The topological polar surface area (TPSA) is 66.9 Å². The predicted molar refractivity (Wildman–Crippen MR) is 122 cm³/mol. The summed E-state index contributed by atoms with van der Waals surface area (Å²) in [5, 5.41) is 0. The highest BCUT2D eigenvalue weighted by Gasteiger charge is 2.67. The van der Waals surface area contributed by atoms with Gasteiger partial charge in [0.2, 0.25) is 11.8 Å². The first-order valence-electron chi connectivity index (χ1n) is 11.5. The molecule has 4 aliphatic carbocycles. The number of anilines is 1. The van der Waals surface area contributed by atoms with E-state index in [0.717, 1.165) is 12.0 Å². The highest BCUT2D eigenvalue weighted by Crippen LogP contribution is 2.65. The second-order valence-corrected chi connectivity index (χ2v) is 9.65. The Bertz CT molecular complexity index is 1170. The van der Waals surface area contributed by atoms with Crippen molar-refractivity contribution in [1.82, 2.24) is 4.90 Å². The Morgan fingerprint density at radius 2 is 1.67 bits per heavy atom. The number of carbonyl (C=O) groups is 3. The van der Waals surface area contributed by atoms with E-state index in [1.54, 1.807) is 36.3 Å². The molecule has 0 unspecified atom stereocenters. The highest BCUT2D eigenvalue weighted by molar-refractivity contribution is 6.10. The number of aryl methyl sites for hydroxylation is 1. The zero-order chi connectivity index (χ0) is 22.9. The van der Waals surface area contributed by atoms with Gasteiger partial charge in [-0.3, -0.25) is 24.2 Å². The average Bonchev–Trinajstić information content (AvgIpc) is 3.63. The molecule has 0 N–H and O–H groups in total. The summed E-state index contributed by atoms with van der Waals surface area (Å²) < 4.78 is 5.29. The minimum absolute atomic E-state index is 0.0830. The van der Waals surface area contributed by atoms with Crippen LogP contribution in [0.2, 0.25) is 0 Å². The third kappa shape index (κ3) is 2.96. The van der Waals surface area contributed by atoms with Crippen molar-refractivity contribution in [2.24, 2.45) is 35.5 Å². The minimum Gasteiger partial charge on any atom is -0.497 e. The Balaban J connectivity index is 1.35. The number of likely N-dealkylation sites (tertiary alicyclic amines) is 1. The van der Waals surface area contributed by atoms with Crippen molar-refractivity contribution in [3.63, 3.8) is 0 Å². The maximum atomic E-state index is 13.7. The SMILES string of the molecule is COc1cccc(C(=O)N(CN2C(=O)[C@@H]3[C@@H]4C=C[C@H]([C@H]5C[C@@H]45)[C@@H]3C2=O)c2ccccc2C)c1. The molecule has 0 spiro atoms. The number of benzene rings is 2. The predicted octanol–water partition coefficient (Wildman–Crippen LogP) is 3.66. The molecule has 168 valence electrons. The van der Waals surface area contributed by atoms with Crippen LogP contribution in [0.15, 0.2) is 60.7 Å². The van der Waals surface area contributed by atoms with E-state index in [-0.39, 0.29) is 48.1 Å². The number of methoxy groups -OCH3 is 1. The van der Waals surface area contributed by atoms with Gasteiger partial charge in [0.1, 0.15) is 12.4 Å². The molecule has 6 heteroatoms. The van der Waals surface area contributed by atoms with Gasteiger partial charge < -0.3 is 4.74 Å². The summed E-state index contributed by atoms with van der Waals surface area (Å²) in [4.78, 5) is 43.6. The smallest absolute Gasteiger partial charge is 0.259 e. The largest absolute Gasteiger partial charge is 0.497 e. The van der Waals surface area contributed by atoms with E-state index in [1.807, 2.05) is 31.2 Å². The summed E-state index contributed by atoms with van der Waals surface area (Å²) >= 11 is 0. The average molecular weight is 443 g/mol. The van der Waals surface area contributed by atoms with Crippen molar-refractivity contribution in [2.75, 3.05) is 18.7 Å². The van der Waals surface area contributed by atoms with Crippen molar-refractivity contribution in [2.45, 2.75) is 13.3 Å². The lowest BCUT2D eigenvalue weighted by Gasteiger charge is -2.37. The van der Waals surface area contributed by atoms with Gasteiger partial charge >= 0.3 is 0 Å². The van der Waals surface area contributed by atoms with Crippen LogP contribution < -0.4 is 9.64 Å². The van der Waals surface area contributed by atoms with E-state index in [0.29, 0.717) is 28.8 Å². The normalized spacial score (nSPS) is 30.8. The highest BCUT2D eigenvalue weighted by atomic mass is 16.5. The van der Waals surface area contributed by atoms with Crippen LogP contribution in [0.3, 0.4) is 0 Å². The van der Waals surface area contributed by atoms with Crippen molar-refractivity contribution >= 4 is 23.4 Å². The molecule has 2 saturated carbocycles. The first-order chi connectivity index (χ1) is 16.0. The Hall–Kier alpha value is -3.41. The van der Waals surface area contributed by atoms with Gasteiger partial charge in [0.15, 0.2) is 0 Å². The van der Waals surface area contributed by atoms with E-state index < -0.39 is 0 Å². The Labute approximate surface area is 192 Å². The number of hydrogen-bond acceptors (Lipinski definition) is 4. The molecule has 3 amide bonds. The molecule has 2 bridgehead atoms. The molecular weight excluding hydrogens is 416 g/mol. The molecular formula is C27H26N2O4. The summed E-state index contributed by atoms with van der Waals surface area (Å²) in [5.41, 5.74) is 2.02. The number of amides is 3. The fraction of sp³-hybridized carbons (Fsp3) is 0.370. The molecule has 6 atom stereocenters. The fourth-order valence-electron chi connectivity index (χ4n) is 6.33. The summed E-state index contributed by atoms with van der Waals surface area (Å²) in [7, 11) is 1.55. The molecule has 7 rings (SSSR count). The molecule has 1 aliphatic heterocycles. The molecule has 3 fully saturated rings. The van der Waals surface area contributed by atoms with Gasteiger partial charge in [0, 0.05) is 11.3 Å². The van der Waals surface area contributed by atoms with Crippen molar-refractivity contribution < 1.29 is 19.1 Å². The van der Waals surface area contributed by atoms with E-state index in [4.69, 9.17) is 4.74 Å². The first kappa shape index (κ1) is 20.2. The standard InChI is InChI=1S/C27H26N2O4/c1-15-6-3-4-9-22(15)28(25(30)16-7-5-8-17(12-16)33-2)14-29-26(31)23-18-10-11-19(21-13-20(18)21)24(23)27(29)32/h3-12,18-21,23-24H,13-14H2,1-2H3/t18-,19-,20-,21+,23+,24-/m1/s1. The lowest BCUT2D eigenvalue weighted by Crippen LogP contribution is -2.45. The fourth-order valence-corrected chi connectivity index (χ4v) is 6.33. The van der Waals surface area contributed by atoms with Crippen LogP contribution in [0.25, 0.3) is 0 Å². The number of hydrogen-bond donors (Lipinski definition) is 0. The van der Waals surface area contributed by atoms with Gasteiger partial charge in [0.25, 0.3) is 5.91 Å². The quantitative estimate of drug-likeness (QED) is 0.524. The maximum Gasteiger partial charge on any atom is 0.259 e. The second-order valence-electron chi connectivity index (χ2n) is 9.65. The van der Waals surface area contributed by atoms with Crippen molar-refractivity contribution in [3.8, 4) is 5.75 Å². The number of carbonyl (C=O) groups excluding carboxylic acids is 3. The number of para-hydroxylation sites is 1. The molecule has 2 aromatic carbocycles. The number of nitrogens with zero attached hydrogens (tertiary/aromatic N) is 2. The Kier molecular flexibility index (Phi) is 4.47. The van der Waals surface area contributed by atoms with E-state index in [9.17, 15) is 14.4 Å². The van der Waals surface area contributed by atoms with Gasteiger partial charge in [-0.1, -0.05) is 36.4 Å². The summed E-state index contributed by atoms with van der Waals surface area (Å²) in [6, 6.07) is 14.5. The number of rotatable bonds is 5. The van der Waals surface area contributed by atoms with E-state index >= 15 is 0 Å². The van der Waals surface area contributed by atoms with Gasteiger partial charge in [-0.25, -0.2) is 0 Å². The van der Waals surface area contributed by atoms with Crippen molar-refractivity contribution in [3.05, 3.63) is 71.8 Å². The molecule has 6 nitrogen and oxygen atoms in total. The van der Waals surface area contributed by atoms with E-state index in [1.165, 1.54) is 4.90 Å². The third-order valence-corrected chi connectivity index (χ3v) is 8.01. The summed E-state index contributed by atoms with van der Waals surface area (Å²) in [5.74, 6) is 0.893. The molecule has 1 heterocycles. The van der Waals surface area contributed by atoms with Crippen LogP contribution in [0.1, 0.15) is 22.3 Å². The summed E-state index contributed by atoms with van der Waals surface area (Å²) in [6.07, 6.45) is 5.45. The zero-order valence-electron chi connectivity index (χ0n) is 18.7. The van der Waals surface area contributed by atoms with Gasteiger partial charge in [-0.05, 0) is 66.8 Å². The van der Waals surface area contributed by atoms with Gasteiger partial charge in [-0.2, -0.15) is 0 Å². The van der Waals surface area contributed by atoms with Gasteiger partial charge in [0.05, 0.1) is 18.9 Å². The molecule has 33 heavy (non-hydrogen) atoms. The van der Waals surface area contributed by atoms with Crippen LogP contribution in [0.4, 0.5) is 5.69 Å². The number of allylic oxidation sites excluding steroid dienone is 2. The van der Waals surface area contributed by atoms with Crippen LogP contribution in [-0.4, -0.2) is 36.4 Å². The molecule has 0 radical (unpaired) electrons. The monoisotopic (exact) mass is 442 g/mol. The lowest BCUT2D eigenvalue weighted by atomic mass is 9.63. The Morgan fingerprint density at radius 3 is 2.30 bits per heavy atom. The first-order valence-corrected chi connectivity index (χ1v) is 11.5. The summed E-state index contributed by atoms with van der Waals surface area (Å²) in [6.45, 7) is 1.84. The van der Waals surface area contributed by atoms with Gasteiger partial charge in [-0.15, -0.1) is 0 Å². The number of imide groups is 1. The molecule has 5 aliphatic rings. The van der Waals surface area contributed by atoms with Crippen LogP contribution >= 0.6 is 0 Å². The third-order valence-electron chi connectivity index (χ3n) is 8.01. The number of ether oxygens (including phenoxy) is 1. The minimum atomic E-state index is -0.276. The second kappa shape index (κ2) is 7.30. The molecule has 2 aromatic rings.